The molecule has 0 aromatic rings. The summed E-state index contributed by atoms with van der Waals surface area (Å²) >= 11 is 0. The third-order valence-corrected chi connectivity index (χ3v) is 5.63. The Hall–Kier alpha value is -2.62. The highest BCUT2D eigenvalue weighted by Gasteiger charge is 2.11. The van der Waals surface area contributed by atoms with Gasteiger partial charge in [0, 0.05) is 12.8 Å². The maximum atomic E-state index is 12.3. The molecule has 0 aliphatic heterocycles. The summed E-state index contributed by atoms with van der Waals surface area (Å²) in [6.45, 7) is 4.28. The molecule has 0 aliphatic carbocycles. The number of allylic oxidation sites excluding steroid dienone is 11. The quantitative estimate of drug-likeness (QED) is 0.0794. The molecule has 0 bridgehead atoms. The van der Waals surface area contributed by atoms with Crippen molar-refractivity contribution in [3.8, 4) is 0 Å². The van der Waals surface area contributed by atoms with Crippen LogP contribution in [0.15, 0.2) is 72.9 Å². The van der Waals surface area contributed by atoms with E-state index in [2.05, 4.69) is 80.7 Å². The standard InChI is InChI=1S/C33H52O4/c1-3-5-7-8-9-10-11-12-13-14-15-16-17-18-19-20-26-30-33(36)37-31(27-23-6-4-2)28-24-21-22-25-29-32(34)35/h5,7,9-10,12-13,15-16,18-19,23,27,31H,3-4,6,8,11,14,17,20-22,24-26,28-30H2,1-2H3,(H,34,35)/b7-5-,10-9-,13-12-,16-15-,19-18-,27-23-. The van der Waals surface area contributed by atoms with Gasteiger partial charge in [-0.15, -0.1) is 0 Å². The van der Waals surface area contributed by atoms with Gasteiger partial charge in [-0.25, -0.2) is 0 Å². The summed E-state index contributed by atoms with van der Waals surface area (Å²) in [6.07, 6.45) is 39.5. The van der Waals surface area contributed by atoms with Crippen LogP contribution in [-0.4, -0.2) is 23.1 Å². The lowest BCUT2D eigenvalue weighted by Gasteiger charge is -2.14. The Kier molecular flexibility index (Phi) is 26.0. The number of carbonyl (C=O) groups excluding carboxylic acids is 1. The van der Waals surface area contributed by atoms with Crippen LogP contribution in [0, 0.1) is 0 Å². The van der Waals surface area contributed by atoms with Crippen molar-refractivity contribution in [2.75, 3.05) is 0 Å². The molecule has 4 nitrogen and oxygen atoms in total. The third kappa shape index (κ3) is 27.8. The van der Waals surface area contributed by atoms with E-state index in [0.29, 0.717) is 12.8 Å². The van der Waals surface area contributed by atoms with Crippen LogP contribution in [0.3, 0.4) is 0 Å². The molecule has 0 radical (unpaired) electrons. The summed E-state index contributed by atoms with van der Waals surface area (Å²) in [7, 11) is 0. The van der Waals surface area contributed by atoms with Crippen LogP contribution in [0.5, 0.6) is 0 Å². The molecular formula is C33H52O4. The first-order valence-corrected chi connectivity index (χ1v) is 14.4. The van der Waals surface area contributed by atoms with E-state index in [9.17, 15) is 9.59 Å². The van der Waals surface area contributed by atoms with Crippen molar-refractivity contribution in [1.29, 1.82) is 0 Å². The van der Waals surface area contributed by atoms with Crippen molar-refractivity contribution >= 4 is 11.9 Å². The largest absolute Gasteiger partial charge is 0.481 e. The number of carboxylic acid groups (broad SMARTS) is 1. The molecule has 0 aromatic heterocycles. The van der Waals surface area contributed by atoms with Crippen LogP contribution < -0.4 is 0 Å². The van der Waals surface area contributed by atoms with Gasteiger partial charge in [-0.05, 0) is 76.7 Å². The number of hydrogen-bond acceptors (Lipinski definition) is 3. The summed E-state index contributed by atoms with van der Waals surface area (Å²) in [5.41, 5.74) is 0. The van der Waals surface area contributed by atoms with Crippen molar-refractivity contribution < 1.29 is 19.4 Å². The molecule has 1 unspecified atom stereocenters. The van der Waals surface area contributed by atoms with Gasteiger partial charge in [-0.1, -0.05) is 99.9 Å². The predicted octanol–water partition coefficient (Wildman–Crippen LogP) is 9.60. The van der Waals surface area contributed by atoms with Gasteiger partial charge in [0.2, 0.25) is 0 Å². The molecule has 0 amide bonds. The van der Waals surface area contributed by atoms with E-state index in [1.807, 2.05) is 6.08 Å². The van der Waals surface area contributed by atoms with E-state index in [-0.39, 0.29) is 18.5 Å². The zero-order valence-electron chi connectivity index (χ0n) is 23.5. The molecule has 4 heteroatoms. The predicted molar refractivity (Wildman–Crippen MR) is 158 cm³/mol. The lowest BCUT2D eigenvalue weighted by atomic mass is 10.1. The third-order valence-electron chi connectivity index (χ3n) is 5.63. The number of rotatable bonds is 24. The first-order chi connectivity index (χ1) is 18.1. The van der Waals surface area contributed by atoms with E-state index >= 15 is 0 Å². The molecule has 0 aromatic carbocycles. The summed E-state index contributed by atoms with van der Waals surface area (Å²) in [5.74, 6) is -0.872. The van der Waals surface area contributed by atoms with E-state index in [4.69, 9.17) is 9.84 Å². The molecule has 0 aliphatic rings. The fourth-order valence-electron chi connectivity index (χ4n) is 3.55. The van der Waals surface area contributed by atoms with E-state index in [1.165, 1.54) is 0 Å². The first kappa shape index (κ1) is 34.4. The highest BCUT2D eigenvalue weighted by atomic mass is 16.5. The fourth-order valence-corrected chi connectivity index (χ4v) is 3.55. The minimum Gasteiger partial charge on any atom is -0.481 e. The molecule has 1 atom stereocenters. The molecule has 37 heavy (non-hydrogen) atoms. The second-order valence-corrected chi connectivity index (χ2v) is 9.19. The zero-order valence-corrected chi connectivity index (χ0v) is 23.5. The maximum absolute atomic E-state index is 12.3. The number of hydrogen-bond donors (Lipinski definition) is 1. The van der Waals surface area contributed by atoms with Gasteiger partial charge < -0.3 is 9.84 Å². The van der Waals surface area contributed by atoms with Crippen molar-refractivity contribution in [2.45, 2.75) is 123 Å². The maximum Gasteiger partial charge on any atom is 0.306 e. The van der Waals surface area contributed by atoms with Crippen LogP contribution in [0.2, 0.25) is 0 Å². The van der Waals surface area contributed by atoms with Crippen LogP contribution in [0.25, 0.3) is 0 Å². The van der Waals surface area contributed by atoms with Crippen LogP contribution >= 0.6 is 0 Å². The Morgan fingerprint density at radius 3 is 1.78 bits per heavy atom. The number of esters is 1. The van der Waals surface area contributed by atoms with Gasteiger partial charge in [0.1, 0.15) is 6.10 Å². The molecule has 0 heterocycles. The van der Waals surface area contributed by atoms with E-state index in [1.54, 1.807) is 0 Å². The molecule has 208 valence electrons. The number of ether oxygens (including phenoxy) is 1. The first-order valence-electron chi connectivity index (χ1n) is 14.4. The van der Waals surface area contributed by atoms with Crippen molar-refractivity contribution in [2.24, 2.45) is 0 Å². The van der Waals surface area contributed by atoms with Crippen molar-refractivity contribution in [1.82, 2.24) is 0 Å². The summed E-state index contributed by atoms with van der Waals surface area (Å²) in [4.78, 5) is 22.9. The second kappa shape index (κ2) is 28.0. The van der Waals surface area contributed by atoms with E-state index < -0.39 is 5.97 Å². The average molecular weight is 513 g/mol. The fraction of sp³-hybridized carbons (Fsp3) is 0.576. The summed E-state index contributed by atoms with van der Waals surface area (Å²) in [5, 5.41) is 8.71. The topological polar surface area (TPSA) is 63.6 Å². The normalized spacial score (nSPS) is 13.4. The highest BCUT2D eigenvalue weighted by molar-refractivity contribution is 5.69. The molecule has 0 saturated heterocycles. The number of aliphatic carboxylic acids is 1. The summed E-state index contributed by atoms with van der Waals surface area (Å²) < 4.78 is 5.70. The van der Waals surface area contributed by atoms with E-state index in [0.717, 1.165) is 83.5 Å². The Morgan fingerprint density at radius 2 is 1.22 bits per heavy atom. The number of carboxylic acids is 1. The lowest BCUT2D eigenvalue weighted by Crippen LogP contribution is -2.16. The Labute approximate surface area is 227 Å². The Balaban J connectivity index is 3.98. The van der Waals surface area contributed by atoms with Gasteiger partial charge in [0.05, 0.1) is 0 Å². The smallest absolute Gasteiger partial charge is 0.306 e. The van der Waals surface area contributed by atoms with Crippen LogP contribution in [0.4, 0.5) is 0 Å². The monoisotopic (exact) mass is 512 g/mol. The van der Waals surface area contributed by atoms with Gasteiger partial charge in [-0.3, -0.25) is 9.59 Å². The summed E-state index contributed by atoms with van der Waals surface area (Å²) in [6, 6.07) is 0. The molecule has 0 spiro atoms. The van der Waals surface area contributed by atoms with Gasteiger partial charge in [-0.2, -0.15) is 0 Å². The molecule has 0 rings (SSSR count). The highest BCUT2D eigenvalue weighted by Crippen LogP contribution is 2.13. The van der Waals surface area contributed by atoms with Gasteiger partial charge >= 0.3 is 11.9 Å². The molecular weight excluding hydrogens is 460 g/mol. The van der Waals surface area contributed by atoms with Gasteiger partial charge in [0.15, 0.2) is 0 Å². The number of unbranched alkanes of at least 4 members (excludes halogenated alkanes) is 5. The second-order valence-electron chi connectivity index (χ2n) is 9.19. The zero-order chi connectivity index (χ0) is 27.2. The van der Waals surface area contributed by atoms with Gasteiger partial charge in [0.25, 0.3) is 0 Å². The van der Waals surface area contributed by atoms with Crippen molar-refractivity contribution in [3.05, 3.63) is 72.9 Å². The Morgan fingerprint density at radius 1 is 0.649 bits per heavy atom. The Bertz CT molecular complexity index is 725. The minimum absolute atomic E-state index is 0.135. The minimum atomic E-state index is -0.737. The van der Waals surface area contributed by atoms with Crippen LogP contribution in [0.1, 0.15) is 117 Å². The SMILES string of the molecule is CC/C=C\C/C=C\C/C=C\C/C=C\C/C=C\CCCC(=O)OC(/C=C\CCC)CCCCCCC(=O)O. The average Bonchev–Trinajstić information content (AvgIpc) is 2.87. The molecule has 0 saturated carbocycles. The van der Waals surface area contributed by atoms with Crippen molar-refractivity contribution in [3.63, 3.8) is 0 Å². The lowest BCUT2D eigenvalue weighted by molar-refractivity contribution is -0.147. The van der Waals surface area contributed by atoms with Crippen LogP contribution in [-0.2, 0) is 14.3 Å². The molecule has 1 N–H and O–H groups in total. The number of carbonyl (C=O) groups is 2. The molecule has 0 fully saturated rings.